The van der Waals surface area contributed by atoms with Crippen molar-refractivity contribution in [2.24, 2.45) is 0 Å². The van der Waals surface area contributed by atoms with E-state index in [1.165, 1.54) is 0 Å². The second-order valence-corrected chi connectivity index (χ2v) is 2.90. The molecule has 0 rings (SSSR count). The molecule has 0 aliphatic rings. The van der Waals surface area contributed by atoms with Crippen LogP contribution in [0.5, 0.6) is 0 Å². The number of aliphatic hydroxyl groups is 1. The summed E-state index contributed by atoms with van der Waals surface area (Å²) >= 11 is 11.0. The lowest BCUT2D eigenvalue weighted by Gasteiger charge is -2.12. The first-order chi connectivity index (χ1) is 4.22. The second-order valence-electron chi connectivity index (χ2n) is 2.03. The molecule has 0 bridgehead atoms. The average Bonchev–Trinajstić information content (AvgIpc) is 1.87. The van der Waals surface area contributed by atoms with Gasteiger partial charge in [-0.2, -0.15) is 0 Å². The molecule has 1 nitrogen and oxygen atoms in total. The van der Waals surface area contributed by atoms with Gasteiger partial charge in [-0.05, 0) is 6.42 Å². The standard InChI is InChI=1S/C6H12Cl2O/c1-2-3-6(9)5(8)4-7/h5-6,9H,2-4H2,1H3. The highest BCUT2D eigenvalue weighted by atomic mass is 35.5. The molecule has 0 radical (unpaired) electrons. The summed E-state index contributed by atoms with van der Waals surface area (Å²) in [5.74, 6) is 0.322. The summed E-state index contributed by atoms with van der Waals surface area (Å²) in [5.41, 5.74) is 0. The molecule has 0 saturated carbocycles. The van der Waals surface area contributed by atoms with Gasteiger partial charge in [0.25, 0.3) is 0 Å². The molecule has 0 aromatic carbocycles. The highest BCUT2D eigenvalue weighted by molar-refractivity contribution is 6.28. The maximum absolute atomic E-state index is 9.10. The monoisotopic (exact) mass is 170 g/mol. The Morgan fingerprint density at radius 1 is 1.56 bits per heavy atom. The zero-order valence-electron chi connectivity index (χ0n) is 5.48. The Hall–Kier alpha value is 0.540. The van der Waals surface area contributed by atoms with Crippen LogP contribution in [-0.2, 0) is 0 Å². The normalized spacial score (nSPS) is 17.3. The zero-order chi connectivity index (χ0) is 7.28. The van der Waals surface area contributed by atoms with E-state index in [1.807, 2.05) is 6.92 Å². The molecule has 0 saturated heterocycles. The maximum atomic E-state index is 9.10. The van der Waals surface area contributed by atoms with Crippen molar-refractivity contribution in [2.75, 3.05) is 5.88 Å². The molecule has 56 valence electrons. The van der Waals surface area contributed by atoms with Gasteiger partial charge in [-0.1, -0.05) is 13.3 Å². The molecule has 0 aliphatic carbocycles. The smallest absolute Gasteiger partial charge is 0.0730 e. The fraction of sp³-hybridized carbons (Fsp3) is 1.00. The van der Waals surface area contributed by atoms with E-state index in [0.29, 0.717) is 5.88 Å². The van der Waals surface area contributed by atoms with E-state index in [9.17, 15) is 0 Å². The molecule has 0 spiro atoms. The zero-order valence-corrected chi connectivity index (χ0v) is 6.99. The first-order valence-corrected chi connectivity index (χ1v) is 4.07. The van der Waals surface area contributed by atoms with Gasteiger partial charge in [-0.15, -0.1) is 23.2 Å². The molecular weight excluding hydrogens is 159 g/mol. The van der Waals surface area contributed by atoms with Gasteiger partial charge in [0.15, 0.2) is 0 Å². The van der Waals surface area contributed by atoms with E-state index in [2.05, 4.69) is 0 Å². The number of hydrogen-bond donors (Lipinski definition) is 1. The van der Waals surface area contributed by atoms with Crippen LogP contribution in [0.25, 0.3) is 0 Å². The summed E-state index contributed by atoms with van der Waals surface area (Å²) in [6, 6.07) is 0. The van der Waals surface area contributed by atoms with Crippen molar-refractivity contribution < 1.29 is 5.11 Å². The Morgan fingerprint density at radius 3 is 2.44 bits per heavy atom. The number of aliphatic hydroxyl groups excluding tert-OH is 1. The minimum atomic E-state index is -0.436. The summed E-state index contributed by atoms with van der Waals surface area (Å²) in [7, 11) is 0. The Kier molecular flexibility index (Phi) is 5.65. The van der Waals surface area contributed by atoms with Crippen LogP contribution < -0.4 is 0 Å². The van der Waals surface area contributed by atoms with Crippen molar-refractivity contribution in [1.29, 1.82) is 0 Å². The number of halogens is 2. The van der Waals surface area contributed by atoms with Gasteiger partial charge >= 0.3 is 0 Å². The van der Waals surface area contributed by atoms with E-state index in [-0.39, 0.29) is 5.38 Å². The molecule has 0 amide bonds. The van der Waals surface area contributed by atoms with Crippen molar-refractivity contribution in [1.82, 2.24) is 0 Å². The lowest BCUT2D eigenvalue weighted by Crippen LogP contribution is -2.21. The van der Waals surface area contributed by atoms with Gasteiger partial charge in [-0.25, -0.2) is 0 Å². The first kappa shape index (κ1) is 9.54. The first-order valence-electron chi connectivity index (χ1n) is 3.10. The molecule has 0 aromatic rings. The van der Waals surface area contributed by atoms with Crippen molar-refractivity contribution in [3.8, 4) is 0 Å². The average molecular weight is 171 g/mol. The largest absolute Gasteiger partial charge is 0.392 e. The highest BCUT2D eigenvalue weighted by Gasteiger charge is 2.12. The fourth-order valence-electron chi connectivity index (χ4n) is 0.579. The molecule has 0 fully saturated rings. The molecule has 0 heterocycles. The molecule has 0 aliphatic heterocycles. The quantitative estimate of drug-likeness (QED) is 0.641. The lowest BCUT2D eigenvalue weighted by molar-refractivity contribution is 0.163. The topological polar surface area (TPSA) is 20.2 Å². The molecule has 1 N–H and O–H groups in total. The molecule has 3 heteroatoms. The predicted molar refractivity (Wildman–Crippen MR) is 41.3 cm³/mol. The lowest BCUT2D eigenvalue weighted by atomic mass is 10.2. The van der Waals surface area contributed by atoms with Crippen LogP contribution in [0.2, 0.25) is 0 Å². The summed E-state index contributed by atoms with van der Waals surface area (Å²) in [6.45, 7) is 2.00. The van der Waals surface area contributed by atoms with Crippen LogP contribution >= 0.6 is 23.2 Å². The van der Waals surface area contributed by atoms with E-state index >= 15 is 0 Å². The van der Waals surface area contributed by atoms with Gasteiger partial charge in [0, 0.05) is 5.88 Å². The summed E-state index contributed by atoms with van der Waals surface area (Å²) in [4.78, 5) is 0. The van der Waals surface area contributed by atoms with Crippen LogP contribution in [-0.4, -0.2) is 22.5 Å². The minimum Gasteiger partial charge on any atom is -0.392 e. The van der Waals surface area contributed by atoms with E-state index in [4.69, 9.17) is 28.3 Å². The summed E-state index contributed by atoms with van der Waals surface area (Å²) in [6.07, 6.45) is 1.25. The number of hydrogen-bond acceptors (Lipinski definition) is 1. The second kappa shape index (κ2) is 5.33. The van der Waals surface area contributed by atoms with Crippen LogP contribution in [0.4, 0.5) is 0 Å². The number of alkyl halides is 2. The molecule has 2 atom stereocenters. The Balaban J connectivity index is 3.32. The minimum absolute atomic E-state index is 0.286. The van der Waals surface area contributed by atoms with Gasteiger partial charge in [0.2, 0.25) is 0 Å². The fourth-order valence-corrected chi connectivity index (χ4v) is 0.911. The number of rotatable bonds is 4. The van der Waals surface area contributed by atoms with Crippen molar-refractivity contribution in [3.05, 3.63) is 0 Å². The molecule has 9 heavy (non-hydrogen) atoms. The van der Waals surface area contributed by atoms with E-state index in [1.54, 1.807) is 0 Å². The Labute approximate surface area is 66.0 Å². The van der Waals surface area contributed by atoms with Gasteiger partial charge in [-0.3, -0.25) is 0 Å². The third-order valence-electron chi connectivity index (χ3n) is 1.15. The van der Waals surface area contributed by atoms with Crippen molar-refractivity contribution in [3.63, 3.8) is 0 Å². The van der Waals surface area contributed by atoms with Crippen LogP contribution in [0.3, 0.4) is 0 Å². The molecule has 2 unspecified atom stereocenters. The van der Waals surface area contributed by atoms with Crippen LogP contribution in [0.1, 0.15) is 19.8 Å². The summed E-state index contributed by atoms with van der Waals surface area (Å²) in [5, 5.41) is 8.82. The van der Waals surface area contributed by atoms with Gasteiger partial charge in [0.05, 0.1) is 11.5 Å². The highest BCUT2D eigenvalue weighted by Crippen LogP contribution is 2.09. The van der Waals surface area contributed by atoms with Crippen molar-refractivity contribution in [2.45, 2.75) is 31.2 Å². The molecule has 0 aromatic heterocycles. The maximum Gasteiger partial charge on any atom is 0.0730 e. The SMILES string of the molecule is CCCC(O)C(Cl)CCl. The van der Waals surface area contributed by atoms with Crippen LogP contribution in [0, 0.1) is 0 Å². The Morgan fingerprint density at radius 2 is 2.11 bits per heavy atom. The van der Waals surface area contributed by atoms with Crippen LogP contribution in [0.15, 0.2) is 0 Å². The van der Waals surface area contributed by atoms with E-state index < -0.39 is 6.10 Å². The van der Waals surface area contributed by atoms with Gasteiger partial charge < -0.3 is 5.11 Å². The Bertz CT molecular complexity index is 68.1. The summed E-state index contributed by atoms with van der Waals surface area (Å²) < 4.78 is 0. The third kappa shape index (κ3) is 4.01. The predicted octanol–water partition coefficient (Wildman–Crippen LogP) is 1.99. The van der Waals surface area contributed by atoms with Gasteiger partial charge in [0.1, 0.15) is 0 Å². The van der Waals surface area contributed by atoms with E-state index in [0.717, 1.165) is 12.8 Å². The van der Waals surface area contributed by atoms with Crippen molar-refractivity contribution >= 4 is 23.2 Å². The third-order valence-corrected chi connectivity index (χ3v) is 2.08. The molecular formula is C6H12Cl2O.